The van der Waals surface area contributed by atoms with Gasteiger partial charge in [-0.1, -0.05) is 32.4 Å². The van der Waals surface area contributed by atoms with Crippen LogP contribution < -0.4 is 5.32 Å². The summed E-state index contributed by atoms with van der Waals surface area (Å²) in [7, 11) is 0. The summed E-state index contributed by atoms with van der Waals surface area (Å²) >= 11 is 0. The molecule has 1 unspecified atom stereocenters. The molecule has 108 valence electrons. The van der Waals surface area contributed by atoms with Crippen LogP contribution in [0.4, 0.5) is 0 Å². The lowest BCUT2D eigenvalue weighted by atomic mass is 9.83. The Morgan fingerprint density at radius 1 is 1.47 bits per heavy atom. The van der Waals surface area contributed by atoms with Crippen LogP contribution in [0.5, 0.6) is 0 Å². The van der Waals surface area contributed by atoms with Crippen molar-refractivity contribution in [3.8, 4) is 0 Å². The Morgan fingerprint density at radius 2 is 2.26 bits per heavy atom. The minimum Gasteiger partial charge on any atom is -0.339 e. The zero-order chi connectivity index (χ0) is 13.9. The number of nitrogens with one attached hydrogen (secondary N) is 1. The van der Waals surface area contributed by atoms with Gasteiger partial charge in [-0.05, 0) is 43.7 Å². The highest BCUT2D eigenvalue weighted by Gasteiger charge is 2.25. The van der Waals surface area contributed by atoms with Crippen LogP contribution >= 0.6 is 0 Å². The standard InChI is InChI=1S/C16H28N2O/c1-16(2,3)14-6-9-18(10-7-14)15(19)11-13-5-4-8-17-12-13/h6,13,17H,4-5,7-12H2,1-3H3. The van der Waals surface area contributed by atoms with Crippen molar-refractivity contribution in [1.82, 2.24) is 10.2 Å². The molecular formula is C16H28N2O. The Morgan fingerprint density at radius 3 is 2.79 bits per heavy atom. The number of carbonyl (C=O) groups excluding carboxylic acids is 1. The third-order valence-electron chi connectivity index (χ3n) is 4.39. The van der Waals surface area contributed by atoms with Gasteiger partial charge >= 0.3 is 0 Å². The van der Waals surface area contributed by atoms with Crippen LogP contribution in [0, 0.1) is 11.3 Å². The van der Waals surface area contributed by atoms with E-state index in [1.807, 2.05) is 4.90 Å². The van der Waals surface area contributed by atoms with E-state index in [9.17, 15) is 4.79 Å². The van der Waals surface area contributed by atoms with E-state index in [-0.39, 0.29) is 5.41 Å². The van der Waals surface area contributed by atoms with Crippen molar-refractivity contribution < 1.29 is 4.79 Å². The van der Waals surface area contributed by atoms with E-state index in [0.717, 1.165) is 39.0 Å². The molecule has 0 aromatic heterocycles. The van der Waals surface area contributed by atoms with E-state index in [1.165, 1.54) is 18.4 Å². The molecule has 1 atom stereocenters. The number of nitrogens with zero attached hydrogens (tertiary/aromatic N) is 1. The molecule has 0 aromatic rings. The molecule has 1 fully saturated rings. The van der Waals surface area contributed by atoms with Crippen molar-refractivity contribution in [2.75, 3.05) is 26.2 Å². The molecule has 0 saturated carbocycles. The average Bonchev–Trinajstić information content (AvgIpc) is 2.39. The van der Waals surface area contributed by atoms with Gasteiger partial charge < -0.3 is 10.2 Å². The Hall–Kier alpha value is -0.830. The first-order chi connectivity index (χ1) is 8.97. The van der Waals surface area contributed by atoms with Gasteiger partial charge in [-0.15, -0.1) is 0 Å². The third-order valence-corrected chi connectivity index (χ3v) is 4.39. The van der Waals surface area contributed by atoms with Crippen LogP contribution in [0.1, 0.15) is 46.5 Å². The summed E-state index contributed by atoms with van der Waals surface area (Å²) in [5.41, 5.74) is 1.75. The van der Waals surface area contributed by atoms with Crippen LogP contribution in [0.15, 0.2) is 11.6 Å². The minimum atomic E-state index is 0.252. The van der Waals surface area contributed by atoms with Crippen molar-refractivity contribution in [2.24, 2.45) is 11.3 Å². The van der Waals surface area contributed by atoms with Gasteiger partial charge in [0.1, 0.15) is 0 Å². The molecule has 1 saturated heterocycles. The van der Waals surface area contributed by atoms with Gasteiger partial charge in [0.2, 0.25) is 5.91 Å². The SMILES string of the molecule is CC(C)(C)C1=CCN(C(=O)CC2CCCNC2)CC1. The molecule has 2 heterocycles. The van der Waals surface area contributed by atoms with Crippen molar-refractivity contribution in [3.05, 3.63) is 11.6 Å². The highest BCUT2D eigenvalue weighted by molar-refractivity contribution is 5.76. The maximum Gasteiger partial charge on any atom is 0.223 e. The molecule has 1 amide bonds. The van der Waals surface area contributed by atoms with E-state index in [2.05, 4.69) is 32.2 Å². The number of rotatable bonds is 2. The van der Waals surface area contributed by atoms with E-state index < -0.39 is 0 Å². The first kappa shape index (κ1) is 14.6. The van der Waals surface area contributed by atoms with Gasteiger partial charge in [-0.25, -0.2) is 0 Å². The van der Waals surface area contributed by atoms with Gasteiger partial charge in [0.05, 0.1) is 0 Å². The Bertz CT molecular complexity index is 348. The topological polar surface area (TPSA) is 32.3 Å². The fraction of sp³-hybridized carbons (Fsp3) is 0.812. The molecule has 19 heavy (non-hydrogen) atoms. The van der Waals surface area contributed by atoms with Crippen molar-refractivity contribution >= 4 is 5.91 Å². The molecule has 3 nitrogen and oxygen atoms in total. The molecule has 2 aliphatic heterocycles. The van der Waals surface area contributed by atoms with Crippen LogP contribution in [-0.4, -0.2) is 37.0 Å². The Kier molecular flexibility index (Phi) is 4.67. The molecule has 0 spiro atoms. The first-order valence-electron chi connectivity index (χ1n) is 7.65. The van der Waals surface area contributed by atoms with Crippen molar-refractivity contribution in [1.29, 1.82) is 0 Å². The monoisotopic (exact) mass is 264 g/mol. The highest BCUT2D eigenvalue weighted by Crippen LogP contribution is 2.30. The van der Waals surface area contributed by atoms with Gasteiger partial charge in [0.25, 0.3) is 0 Å². The molecule has 3 heteroatoms. The molecule has 0 bridgehead atoms. The highest BCUT2D eigenvalue weighted by atomic mass is 16.2. The molecule has 2 rings (SSSR count). The molecule has 0 aromatic carbocycles. The summed E-state index contributed by atoms with van der Waals surface area (Å²) in [6.07, 6.45) is 6.45. The normalized spacial score (nSPS) is 25.1. The smallest absolute Gasteiger partial charge is 0.223 e. The third kappa shape index (κ3) is 4.07. The zero-order valence-corrected chi connectivity index (χ0v) is 12.7. The van der Waals surface area contributed by atoms with Crippen molar-refractivity contribution in [3.63, 3.8) is 0 Å². The summed E-state index contributed by atoms with van der Waals surface area (Å²) in [5, 5.41) is 3.39. The molecule has 2 aliphatic rings. The fourth-order valence-electron chi connectivity index (χ4n) is 3.05. The predicted molar refractivity (Wildman–Crippen MR) is 78.9 cm³/mol. The van der Waals surface area contributed by atoms with Gasteiger partial charge in [-0.2, -0.15) is 0 Å². The number of piperidine rings is 1. The van der Waals surface area contributed by atoms with Crippen LogP contribution in [0.2, 0.25) is 0 Å². The maximum atomic E-state index is 12.3. The largest absolute Gasteiger partial charge is 0.339 e. The number of hydrogen-bond acceptors (Lipinski definition) is 2. The van der Waals surface area contributed by atoms with E-state index in [0.29, 0.717) is 11.8 Å². The van der Waals surface area contributed by atoms with Gasteiger partial charge in [0.15, 0.2) is 0 Å². The number of amides is 1. The fourth-order valence-corrected chi connectivity index (χ4v) is 3.05. The van der Waals surface area contributed by atoms with Crippen LogP contribution in [-0.2, 0) is 4.79 Å². The lowest BCUT2D eigenvalue weighted by Crippen LogP contribution is -2.39. The molecule has 0 radical (unpaired) electrons. The summed E-state index contributed by atoms with van der Waals surface area (Å²) in [6.45, 7) is 10.6. The van der Waals surface area contributed by atoms with Gasteiger partial charge in [-0.3, -0.25) is 4.79 Å². The second-order valence-electron chi connectivity index (χ2n) is 6.99. The van der Waals surface area contributed by atoms with E-state index >= 15 is 0 Å². The van der Waals surface area contributed by atoms with E-state index in [4.69, 9.17) is 0 Å². The summed E-state index contributed by atoms with van der Waals surface area (Å²) in [5.74, 6) is 0.896. The predicted octanol–water partition coefficient (Wildman–Crippen LogP) is 2.58. The zero-order valence-electron chi connectivity index (χ0n) is 12.7. The summed E-state index contributed by atoms with van der Waals surface area (Å²) < 4.78 is 0. The number of hydrogen-bond donors (Lipinski definition) is 1. The quantitative estimate of drug-likeness (QED) is 0.778. The minimum absolute atomic E-state index is 0.252. The first-order valence-corrected chi connectivity index (χ1v) is 7.65. The average molecular weight is 264 g/mol. The molecule has 1 N–H and O–H groups in total. The Labute approximate surface area is 117 Å². The van der Waals surface area contributed by atoms with E-state index in [1.54, 1.807) is 0 Å². The van der Waals surface area contributed by atoms with Crippen LogP contribution in [0.3, 0.4) is 0 Å². The molecule has 0 aliphatic carbocycles. The summed E-state index contributed by atoms with van der Waals surface area (Å²) in [4.78, 5) is 14.3. The lowest BCUT2D eigenvalue weighted by Gasteiger charge is -2.33. The second kappa shape index (κ2) is 6.08. The maximum absolute atomic E-state index is 12.3. The van der Waals surface area contributed by atoms with Gasteiger partial charge in [0, 0.05) is 19.5 Å². The van der Waals surface area contributed by atoms with Crippen molar-refractivity contribution in [2.45, 2.75) is 46.5 Å². The molecular weight excluding hydrogens is 236 g/mol. The second-order valence-corrected chi connectivity index (χ2v) is 6.99. The van der Waals surface area contributed by atoms with Crippen LogP contribution in [0.25, 0.3) is 0 Å². The lowest BCUT2D eigenvalue weighted by molar-refractivity contribution is -0.132. The Balaban J connectivity index is 1.83. The summed E-state index contributed by atoms with van der Waals surface area (Å²) in [6, 6.07) is 0. The number of carbonyl (C=O) groups is 1.